The van der Waals surface area contributed by atoms with E-state index in [2.05, 4.69) is 13.0 Å². The fourth-order valence-corrected chi connectivity index (χ4v) is 6.79. The minimum Gasteiger partial charge on any atom is -0.508 e. The molecule has 0 heterocycles. The Labute approximate surface area is 126 Å². The molecule has 0 aliphatic heterocycles. The lowest BCUT2D eigenvalue weighted by Crippen LogP contribution is -2.47. The number of hydrogen-bond acceptors (Lipinski definition) is 2. The molecule has 6 atom stereocenters. The smallest absolute Gasteiger partial charge is 0.115 e. The molecule has 0 bridgehead atoms. The summed E-state index contributed by atoms with van der Waals surface area (Å²) in [7, 11) is 0. The Morgan fingerprint density at radius 3 is 2.95 bits per heavy atom. The summed E-state index contributed by atoms with van der Waals surface area (Å²) < 4.78 is 0. The van der Waals surface area contributed by atoms with Gasteiger partial charge in [-0.05, 0) is 90.4 Å². The first-order chi connectivity index (χ1) is 10.1. The second-order valence-corrected chi connectivity index (χ2v) is 8.28. The van der Waals surface area contributed by atoms with Crippen molar-refractivity contribution in [2.75, 3.05) is 0 Å². The predicted molar refractivity (Wildman–Crippen MR) is 81.2 cm³/mol. The van der Waals surface area contributed by atoms with E-state index in [4.69, 9.17) is 0 Å². The van der Waals surface area contributed by atoms with Crippen LogP contribution in [-0.4, -0.2) is 16.3 Å². The lowest BCUT2D eigenvalue weighted by molar-refractivity contribution is -0.0558. The first-order valence-electron chi connectivity index (χ1n) is 8.56. The molecule has 2 nitrogen and oxygen atoms in total. The number of phenols is 1. The van der Waals surface area contributed by atoms with Crippen LogP contribution < -0.4 is 0 Å². The molecule has 3 saturated carbocycles. The lowest BCUT2D eigenvalue weighted by atomic mass is 9.52. The molecule has 2 N–H and O–H groups in total. The van der Waals surface area contributed by atoms with Crippen LogP contribution in [0.3, 0.4) is 0 Å². The standard InChI is InChI=1S/C19H24O2/c1-18-7-6-15-14-4-3-13(20)8-11(14)2-5-16(15)19(18)10-12(19)9-17(18)21/h3-4,8,12,15-17,20-21H,2,5-7,9-10H2,1H3/t12?,15-,16-,17?,18-,19+/m1/s1. The van der Waals surface area contributed by atoms with Gasteiger partial charge in [0.2, 0.25) is 0 Å². The predicted octanol–water partition coefficient (Wildman–Crippen LogP) is 3.61. The molecule has 1 aromatic rings. The molecule has 4 aliphatic carbocycles. The molecule has 112 valence electrons. The second kappa shape index (κ2) is 3.65. The molecular formula is C19H24O2. The molecule has 1 aromatic carbocycles. The Morgan fingerprint density at radius 1 is 1.24 bits per heavy atom. The Hall–Kier alpha value is -1.02. The first-order valence-corrected chi connectivity index (χ1v) is 8.56. The van der Waals surface area contributed by atoms with E-state index >= 15 is 0 Å². The number of rotatable bonds is 0. The van der Waals surface area contributed by atoms with Crippen LogP contribution >= 0.6 is 0 Å². The third-order valence-corrected chi connectivity index (χ3v) is 7.83. The van der Waals surface area contributed by atoms with Gasteiger partial charge in [0.05, 0.1) is 6.10 Å². The van der Waals surface area contributed by atoms with E-state index in [0.29, 0.717) is 17.1 Å². The Kier molecular flexibility index (Phi) is 2.18. The van der Waals surface area contributed by atoms with Crippen molar-refractivity contribution in [3.05, 3.63) is 29.3 Å². The lowest BCUT2D eigenvalue weighted by Gasteiger charge is -2.52. The summed E-state index contributed by atoms with van der Waals surface area (Å²) >= 11 is 0. The zero-order valence-corrected chi connectivity index (χ0v) is 12.7. The van der Waals surface area contributed by atoms with Crippen LogP contribution in [0.25, 0.3) is 0 Å². The van der Waals surface area contributed by atoms with E-state index in [1.807, 2.05) is 12.1 Å². The van der Waals surface area contributed by atoms with Crippen molar-refractivity contribution in [3.8, 4) is 5.75 Å². The highest BCUT2D eigenvalue weighted by atomic mass is 16.3. The number of aliphatic hydroxyl groups excluding tert-OH is 1. The summed E-state index contributed by atoms with van der Waals surface area (Å²) in [6, 6.07) is 6.01. The highest BCUT2D eigenvalue weighted by Gasteiger charge is 2.76. The van der Waals surface area contributed by atoms with Gasteiger partial charge in [0, 0.05) is 0 Å². The molecule has 0 radical (unpaired) electrons. The molecule has 4 aliphatic rings. The van der Waals surface area contributed by atoms with E-state index in [1.54, 1.807) is 0 Å². The largest absolute Gasteiger partial charge is 0.508 e. The van der Waals surface area contributed by atoms with Gasteiger partial charge in [-0.1, -0.05) is 13.0 Å². The number of benzene rings is 1. The average molecular weight is 284 g/mol. The van der Waals surface area contributed by atoms with Crippen LogP contribution in [0, 0.1) is 22.7 Å². The Morgan fingerprint density at radius 2 is 2.10 bits per heavy atom. The highest BCUT2D eigenvalue weighted by molar-refractivity contribution is 5.42. The van der Waals surface area contributed by atoms with Crippen LogP contribution in [0.1, 0.15) is 56.1 Å². The maximum atomic E-state index is 10.6. The van der Waals surface area contributed by atoms with E-state index < -0.39 is 0 Å². The minimum absolute atomic E-state index is 0.0709. The zero-order valence-electron chi connectivity index (χ0n) is 12.7. The van der Waals surface area contributed by atoms with Crippen LogP contribution in [0.15, 0.2) is 18.2 Å². The zero-order chi connectivity index (χ0) is 14.4. The quantitative estimate of drug-likeness (QED) is 0.764. The van der Waals surface area contributed by atoms with E-state index in [0.717, 1.165) is 24.7 Å². The normalized spacial score (nSPS) is 49.8. The number of aliphatic hydroxyl groups is 1. The van der Waals surface area contributed by atoms with Crippen molar-refractivity contribution in [2.24, 2.45) is 22.7 Å². The van der Waals surface area contributed by atoms with Crippen LogP contribution in [0.4, 0.5) is 0 Å². The molecule has 0 amide bonds. The number of hydrogen-bond donors (Lipinski definition) is 2. The van der Waals surface area contributed by atoms with E-state index in [9.17, 15) is 10.2 Å². The van der Waals surface area contributed by atoms with Gasteiger partial charge in [0.15, 0.2) is 0 Å². The third-order valence-electron chi connectivity index (χ3n) is 7.83. The Balaban J connectivity index is 1.60. The average Bonchev–Trinajstić information content (AvgIpc) is 3.12. The van der Waals surface area contributed by atoms with Crippen LogP contribution in [0.2, 0.25) is 0 Å². The van der Waals surface area contributed by atoms with E-state index in [1.165, 1.54) is 36.8 Å². The maximum Gasteiger partial charge on any atom is 0.115 e. The molecule has 21 heavy (non-hydrogen) atoms. The van der Waals surface area contributed by atoms with Gasteiger partial charge in [-0.25, -0.2) is 0 Å². The van der Waals surface area contributed by atoms with Gasteiger partial charge < -0.3 is 10.2 Å². The van der Waals surface area contributed by atoms with E-state index in [-0.39, 0.29) is 11.5 Å². The van der Waals surface area contributed by atoms with Crippen molar-refractivity contribution in [1.82, 2.24) is 0 Å². The fourth-order valence-electron chi connectivity index (χ4n) is 6.79. The maximum absolute atomic E-state index is 10.6. The molecule has 0 saturated heterocycles. The van der Waals surface area contributed by atoms with Crippen LogP contribution in [-0.2, 0) is 6.42 Å². The van der Waals surface area contributed by atoms with Crippen molar-refractivity contribution in [2.45, 2.75) is 57.5 Å². The van der Waals surface area contributed by atoms with Gasteiger partial charge in [-0.15, -0.1) is 0 Å². The molecule has 2 unspecified atom stereocenters. The van der Waals surface area contributed by atoms with Crippen molar-refractivity contribution >= 4 is 0 Å². The molecule has 3 fully saturated rings. The molecule has 5 rings (SSSR count). The molecule has 2 heteroatoms. The third kappa shape index (κ3) is 1.30. The summed E-state index contributed by atoms with van der Waals surface area (Å²) in [6.07, 6.45) is 7.07. The van der Waals surface area contributed by atoms with Gasteiger partial charge in [0.25, 0.3) is 0 Å². The summed E-state index contributed by atoms with van der Waals surface area (Å²) in [5.74, 6) is 2.61. The Bertz CT molecular complexity index is 624. The summed E-state index contributed by atoms with van der Waals surface area (Å²) in [5, 5.41) is 20.3. The first kappa shape index (κ1) is 12.5. The van der Waals surface area contributed by atoms with Gasteiger partial charge in [0.1, 0.15) is 5.75 Å². The van der Waals surface area contributed by atoms with Crippen molar-refractivity contribution in [1.29, 1.82) is 0 Å². The molecular weight excluding hydrogens is 260 g/mol. The number of aromatic hydroxyl groups is 1. The monoisotopic (exact) mass is 284 g/mol. The number of phenolic OH excluding ortho intramolecular Hbond substituents is 1. The second-order valence-electron chi connectivity index (χ2n) is 8.28. The van der Waals surface area contributed by atoms with Gasteiger partial charge in [-0.2, -0.15) is 0 Å². The SMILES string of the molecule is C[C@]12CC[C@@H]3c4ccc(O)cc4CC[C@H]3[C@@]13CC3CC2O. The van der Waals surface area contributed by atoms with Gasteiger partial charge >= 0.3 is 0 Å². The summed E-state index contributed by atoms with van der Waals surface area (Å²) in [4.78, 5) is 0. The minimum atomic E-state index is -0.0709. The highest BCUT2D eigenvalue weighted by Crippen LogP contribution is 2.81. The number of fused-ring (bicyclic) bond motifs is 3. The fraction of sp³-hybridized carbons (Fsp3) is 0.684. The summed E-state index contributed by atoms with van der Waals surface area (Å²) in [5.41, 5.74) is 3.47. The summed E-state index contributed by atoms with van der Waals surface area (Å²) in [6.45, 7) is 2.37. The van der Waals surface area contributed by atoms with Gasteiger partial charge in [-0.3, -0.25) is 0 Å². The van der Waals surface area contributed by atoms with Crippen molar-refractivity contribution in [3.63, 3.8) is 0 Å². The molecule has 0 aromatic heterocycles. The van der Waals surface area contributed by atoms with Crippen LogP contribution in [0.5, 0.6) is 5.75 Å². The number of aryl methyl sites for hydroxylation is 1. The molecule has 1 spiro atoms. The van der Waals surface area contributed by atoms with Crippen molar-refractivity contribution < 1.29 is 10.2 Å². The topological polar surface area (TPSA) is 40.5 Å².